The van der Waals surface area contributed by atoms with Gasteiger partial charge in [0.05, 0.1) is 25.9 Å². The number of aliphatic hydroxyl groups is 1. The lowest BCUT2D eigenvalue weighted by molar-refractivity contribution is -0.122. The van der Waals surface area contributed by atoms with Gasteiger partial charge in [0.2, 0.25) is 5.91 Å². The monoisotopic (exact) mass is 322 g/mol. The number of methoxy groups -OCH3 is 2. The topological polar surface area (TPSA) is 71.0 Å². The van der Waals surface area contributed by atoms with Crippen LogP contribution < -0.4 is 5.32 Å². The third kappa shape index (κ3) is 5.28. The van der Waals surface area contributed by atoms with Crippen LogP contribution >= 0.6 is 0 Å². The number of nitrogens with one attached hydrogen (secondary N) is 1. The Morgan fingerprint density at radius 3 is 2.87 bits per heavy atom. The van der Waals surface area contributed by atoms with Crippen LogP contribution in [0.4, 0.5) is 0 Å². The van der Waals surface area contributed by atoms with E-state index in [2.05, 4.69) is 5.32 Å². The van der Waals surface area contributed by atoms with Crippen molar-refractivity contribution in [3.8, 4) is 0 Å². The second-order valence-electron chi connectivity index (χ2n) is 5.89. The fourth-order valence-corrected chi connectivity index (χ4v) is 2.93. The molecule has 2 atom stereocenters. The van der Waals surface area contributed by atoms with Crippen LogP contribution in [-0.4, -0.2) is 62.0 Å². The van der Waals surface area contributed by atoms with Crippen molar-refractivity contribution in [3.63, 3.8) is 0 Å². The molecule has 2 N–H and O–H groups in total. The molecule has 0 aromatic heterocycles. The number of likely N-dealkylation sites (tertiary alicyclic amines) is 1. The maximum absolute atomic E-state index is 12.1. The molecule has 0 saturated carbocycles. The normalized spacial score (nSPS) is 21.5. The molecule has 0 radical (unpaired) electrons. The van der Waals surface area contributed by atoms with E-state index in [0.29, 0.717) is 19.7 Å². The van der Waals surface area contributed by atoms with Gasteiger partial charge in [0.15, 0.2) is 0 Å². The molecule has 2 rings (SSSR count). The first-order valence-corrected chi connectivity index (χ1v) is 7.87. The first-order valence-electron chi connectivity index (χ1n) is 7.87. The Morgan fingerprint density at radius 1 is 1.39 bits per heavy atom. The minimum Gasteiger partial charge on any atom is -0.395 e. The molecule has 6 nitrogen and oxygen atoms in total. The first kappa shape index (κ1) is 17.9. The number of nitrogens with zero attached hydrogens (tertiary/aromatic N) is 1. The van der Waals surface area contributed by atoms with Crippen molar-refractivity contribution in [2.45, 2.75) is 31.7 Å². The summed E-state index contributed by atoms with van der Waals surface area (Å²) in [7, 11) is 3.32. The van der Waals surface area contributed by atoms with Crippen LogP contribution in [0.3, 0.4) is 0 Å². The Kier molecular flexibility index (Phi) is 6.98. The van der Waals surface area contributed by atoms with Gasteiger partial charge in [-0.3, -0.25) is 9.69 Å². The quantitative estimate of drug-likeness (QED) is 0.731. The summed E-state index contributed by atoms with van der Waals surface area (Å²) in [5.74, 6) is -0.0441. The van der Waals surface area contributed by atoms with Gasteiger partial charge in [-0.1, -0.05) is 24.3 Å². The molecular formula is C17H26N2O4. The van der Waals surface area contributed by atoms with Crippen molar-refractivity contribution in [1.82, 2.24) is 10.2 Å². The summed E-state index contributed by atoms with van der Waals surface area (Å²) in [6, 6.07) is 7.96. The van der Waals surface area contributed by atoms with E-state index in [0.717, 1.165) is 17.5 Å². The van der Waals surface area contributed by atoms with Crippen molar-refractivity contribution < 1.29 is 19.4 Å². The van der Waals surface area contributed by atoms with E-state index in [1.807, 2.05) is 29.2 Å². The Morgan fingerprint density at radius 2 is 2.17 bits per heavy atom. The number of carbonyl (C=O) groups excluding carboxylic acids is 1. The Balaban J connectivity index is 1.82. The third-order valence-corrected chi connectivity index (χ3v) is 4.17. The largest absolute Gasteiger partial charge is 0.395 e. The van der Waals surface area contributed by atoms with Crippen molar-refractivity contribution in [2.75, 3.05) is 33.9 Å². The van der Waals surface area contributed by atoms with E-state index >= 15 is 0 Å². The van der Waals surface area contributed by atoms with E-state index in [-0.39, 0.29) is 31.2 Å². The number of rotatable bonds is 8. The van der Waals surface area contributed by atoms with Gasteiger partial charge in [-0.2, -0.15) is 0 Å². The van der Waals surface area contributed by atoms with Crippen LogP contribution in [0.2, 0.25) is 0 Å². The van der Waals surface area contributed by atoms with Gasteiger partial charge in [0.25, 0.3) is 0 Å². The fraction of sp³-hybridized carbons (Fsp3) is 0.588. The summed E-state index contributed by atoms with van der Waals surface area (Å²) < 4.78 is 10.4. The number of hydrogen-bond donors (Lipinski definition) is 2. The van der Waals surface area contributed by atoms with E-state index in [4.69, 9.17) is 9.47 Å². The molecular weight excluding hydrogens is 296 g/mol. The number of carbonyl (C=O) groups is 1. The molecule has 0 spiro atoms. The predicted molar refractivity (Wildman–Crippen MR) is 86.9 cm³/mol. The Hall–Kier alpha value is -1.47. The maximum atomic E-state index is 12.1. The second kappa shape index (κ2) is 8.98. The molecule has 1 amide bonds. The molecule has 6 heteroatoms. The molecule has 128 valence electrons. The second-order valence-corrected chi connectivity index (χ2v) is 5.89. The number of benzene rings is 1. The summed E-state index contributed by atoms with van der Waals surface area (Å²) >= 11 is 0. The van der Waals surface area contributed by atoms with Crippen molar-refractivity contribution in [1.29, 1.82) is 0 Å². The van der Waals surface area contributed by atoms with Gasteiger partial charge in [-0.15, -0.1) is 0 Å². The van der Waals surface area contributed by atoms with Crippen molar-refractivity contribution >= 4 is 5.91 Å². The van der Waals surface area contributed by atoms with E-state index < -0.39 is 0 Å². The molecule has 23 heavy (non-hydrogen) atoms. The zero-order chi connectivity index (χ0) is 16.7. The lowest BCUT2D eigenvalue weighted by Crippen LogP contribution is -2.41. The lowest BCUT2D eigenvalue weighted by atomic mass is 10.1. The van der Waals surface area contributed by atoms with Gasteiger partial charge in [-0.05, 0) is 17.5 Å². The molecule has 1 saturated heterocycles. The minimum absolute atomic E-state index is 0.00395. The number of amides is 1. The Bertz CT molecular complexity index is 509. The highest BCUT2D eigenvalue weighted by Gasteiger charge is 2.32. The van der Waals surface area contributed by atoms with Gasteiger partial charge < -0.3 is 19.9 Å². The van der Waals surface area contributed by atoms with Gasteiger partial charge >= 0.3 is 0 Å². The molecule has 0 unspecified atom stereocenters. The fourth-order valence-electron chi connectivity index (χ4n) is 2.93. The molecule has 1 aliphatic rings. The SMILES string of the molecule is COCc1cccc(CNC(=O)CN2C[C@H](OC)C[C@H]2CO)c1. The lowest BCUT2D eigenvalue weighted by Gasteiger charge is -2.21. The average Bonchev–Trinajstić information content (AvgIpc) is 2.96. The predicted octanol–water partition coefficient (Wildman–Crippen LogP) is 0.531. The molecule has 0 aliphatic carbocycles. The highest BCUT2D eigenvalue weighted by Crippen LogP contribution is 2.19. The van der Waals surface area contributed by atoms with Crippen molar-refractivity contribution in [2.24, 2.45) is 0 Å². The third-order valence-electron chi connectivity index (χ3n) is 4.17. The molecule has 0 bridgehead atoms. The summed E-state index contributed by atoms with van der Waals surface area (Å²) in [5, 5.41) is 12.3. The number of aliphatic hydroxyl groups excluding tert-OH is 1. The zero-order valence-electron chi connectivity index (χ0n) is 13.8. The van der Waals surface area contributed by atoms with E-state index in [1.54, 1.807) is 14.2 Å². The van der Waals surface area contributed by atoms with E-state index in [1.165, 1.54) is 0 Å². The molecule has 1 heterocycles. The van der Waals surface area contributed by atoms with E-state index in [9.17, 15) is 9.90 Å². The highest BCUT2D eigenvalue weighted by molar-refractivity contribution is 5.78. The number of hydrogen-bond acceptors (Lipinski definition) is 5. The van der Waals surface area contributed by atoms with Gasteiger partial charge in [0.1, 0.15) is 0 Å². The smallest absolute Gasteiger partial charge is 0.234 e. The summed E-state index contributed by atoms with van der Waals surface area (Å²) in [6.07, 6.45) is 0.852. The molecule has 1 fully saturated rings. The van der Waals surface area contributed by atoms with Crippen molar-refractivity contribution in [3.05, 3.63) is 35.4 Å². The van der Waals surface area contributed by atoms with Crippen LogP contribution in [0.25, 0.3) is 0 Å². The first-order chi connectivity index (χ1) is 11.2. The summed E-state index contributed by atoms with van der Waals surface area (Å²) in [6.45, 7) is 2.06. The van der Waals surface area contributed by atoms with Crippen LogP contribution in [0.1, 0.15) is 17.5 Å². The highest BCUT2D eigenvalue weighted by atomic mass is 16.5. The molecule has 1 aromatic carbocycles. The minimum atomic E-state index is -0.0441. The zero-order valence-corrected chi connectivity index (χ0v) is 13.8. The van der Waals surface area contributed by atoms with Crippen LogP contribution in [-0.2, 0) is 27.4 Å². The van der Waals surface area contributed by atoms with Crippen LogP contribution in [0, 0.1) is 0 Å². The molecule has 1 aromatic rings. The summed E-state index contributed by atoms with van der Waals surface area (Å²) in [4.78, 5) is 14.1. The van der Waals surface area contributed by atoms with Crippen LogP contribution in [0.5, 0.6) is 0 Å². The maximum Gasteiger partial charge on any atom is 0.234 e. The summed E-state index contributed by atoms with van der Waals surface area (Å²) in [5.41, 5.74) is 2.13. The molecule has 1 aliphatic heterocycles. The van der Waals surface area contributed by atoms with Gasteiger partial charge in [0, 0.05) is 33.4 Å². The standard InChI is InChI=1S/C17H26N2O4/c1-22-12-14-5-3-4-13(6-14)8-18-17(21)10-19-9-16(23-2)7-15(19)11-20/h3-6,15-16,20H,7-12H2,1-2H3,(H,18,21)/t15-,16+/m0/s1. The average molecular weight is 322 g/mol. The van der Waals surface area contributed by atoms with Gasteiger partial charge in [-0.25, -0.2) is 0 Å². The number of ether oxygens (including phenoxy) is 2. The Labute approximate surface area is 137 Å². The van der Waals surface area contributed by atoms with Crippen LogP contribution in [0.15, 0.2) is 24.3 Å².